The standard InChI is InChI=1S/C19H24N2O/c1-5-16-7-9-17(10-8-16)21-19(22)15(4)20-18-11-6-13(2)12-14(18)3/h6-12,15,20H,5H2,1-4H3,(H,21,22). The third kappa shape index (κ3) is 4.10. The Kier molecular flexibility index (Phi) is 5.21. The Bertz CT molecular complexity index is 647. The van der Waals surface area contributed by atoms with Gasteiger partial charge in [-0.1, -0.05) is 36.8 Å². The van der Waals surface area contributed by atoms with Gasteiger partial charge < -0.3 is 10.6 Å². The molecule has 0 radical (unpaired) electrons. The number of hydrogen-bond acceptors (Lipinski definition) is 2. The Morgan fingerprint density at radius 2 is 1.77 bits per heavy atom. The molecule has 0 spiro atoms. The lowest BCUT2D eigenvalue weighted by atomic mass is 10.1. The highest BCUT2D eigenvalue weighted by Crippen LogP contribution is 2.17. The predicted molar refractivity (Wildman–Crippen MR) is 93.5 cm³/mol. The van der Waals surface area contributed by atoms with E-state index in [9.17, 15) is 4.79 Å². The van der Waals surface area contributed by atoms with Crippen molar-refractivity contribution in [3.8, 4) is 0 Å². The molecule has 22 heavy (non-hydrogen) atoms. The van der Waals surface area contributed by atoms with Gasteiger partial charge in [0.25, 0.3) is 0 Å². The molecule has 0 aliphatic rings. The van der Waals surface area contributed by atoms with E-state index in [1.807, 2.05) is 50.2 Å². The van der Waals surface area contributed by atoms with Gasteiger partial charge in [0.2, 0.25) is 5.91 Å². The van der Waals surface area contributed by atoms with Crippen LogP contribution < -0.4 is 10.6 Å². The lowest BCUT2D eigenvalue weighted by molar-refractivity contribution is -0.116. The molecule has 2 aromatic rings. The molecule has 116 valence electrons. The van der Waals surface area contributed by atoms with Crippen LogP contribution in [-0.2, 0) is 11.2 Å². The quantitative estimate of drug-likeness (QED) is 0.863. The van der Waals surface area contributed by atoms with Crippen LogP contribution in [0.25, 0.3) is 0 Å². The topological polar surface area (TPSA) is 41.1 Å². The van der Waals surface area contributed by atoms with Crippen LogP contribution in [0.4, 0.5) is 11.4 Å². The fourth-order valence-corrected chi connectivity index (χ4v) is 2.35. The van der Waals surface area contributed by atoms with Crippen molar-refractivity contribution in [1.82, 2.24) is 0 Å². The van der Waals surface area contributed by atoms with Gasteiger partial charge in [-0.3, -0.25) is 4.79 Å². The number of anilines is 2. The van der Waals surface area contributed by atoms with Crippen LogP contribution in [0.1, 0.15) is 30.5 Å². The number of hydrogen-bond donors (Lipinski definition) is 2. The van der Waals surface area contributed by atoms with Crippen molar-refractivity contribution in [3.63, 3.8) is 0 Å². The average molecular weight is 296 g/mol. The first-order valence-corrected chi connectivity index (χ1v) is 7.73. The fourth-order valence-electron chi connectivity index (χ4n) is 2.35. The van der Waals surface area contributed by atoms with Crippen molar-refractivity contribution in [3.05, 3.63) is 59.2 Å². The average Bonchev–Trinajstić information content (AvgIpc) is 2.50. The summed E-state index contributed by atoms with van der Waals surface area (Å²) in [6, 6.07) is 13.8. The number of aryl methyl sites for hydroxylation is 3. The van der Waals surface area contributed by atoms with Crippen LogP contribution in [0.2, 0.25) is 0 Å². The first kappa shape index (κ1) is 16.1. The summed E-state index contributed by atoms with van der Waals surface area (Å²) in [5.74, 6) is -0.0378. The first-order chi connectivity index (χ1) is 10.5. The molecular formula is C19H24N2O. The molecular weight excluding hydrogens is 272 g/mol. The summed E-state index contributed by atoms with van der Waals surface area (Å²) in [7, 11) is 0. The third-order valence-electron chi connectivity index (χ3n) is 3.78. The fraction of sp³-hybridized carbons (Fsp3) is 0.316. The lowest BCUT2D eigenvalue weighted by Crippen LogP contribution is -2.32. The SMILES string of the molecule is CCc1ccc(NC(=O)C(C)Nc2ccc(C)cc2C)cc1. The van der Waals surface area contributed by atoms with Crippen molar-refractivity contribution < 1.29 is 4.79 Å². The number of carbonyl (C=O) groups is 1. The molecule has 0 aliphatic carbocycles. The van der Waals surface area contributed by atoms with E-state index in [-0.39, 0.29) is 11.9 Å². The maximum atomic E-state index is 12.3. The van der Waals surface area contributed by atoms with Gasteiger partial charge in [-0.15, -0.1) is 0 Å². The van der Waals surface area contributed by atoms with Crippen LogP contribution in [0.15, 0.2) is 42.5 Å². The minimum Gasteiger partial charge on any atom is -0.374 e. The second-order valence-electron chi connectivity index (χ2n) is 5.72. The predicted octanol–water partition coefficient (Wildman–Crippen LogP) is 4.30. The second-order valence-corrected chi connectivity index (χ2v) is 5.72. The van der Waals surface area contributed by atoms with Crippen LogP contribution in [0, 0.1) is 13.8 Å². The molecule has 3 nitrogen and oxygen atoms in total. The maximum Gasteiger partial charge on any atom is 0.246 e. The minimum absolute atomic E-state index is 0.0378. The van der Waals surface area contributed by atoms with E-state index in [4.69, 9.17) is 0 Å². The maximum absolute atomic E-state index is 12.3. The van der Waals surface area contributed by atoms with E-state index < -0.39 is 0 Å². The number of nitrogens with one attached hydrogen (secondary N) is 2. The Hall–Kier alpha value is -2.29. The smallest absolute Gasteiger partial charge is 0.246 e. The zero-order chi connectivity index (χ0) is 16.1. The number of rotatable bonds is 5. The third-order valence-corrected chi connectivity index (χ3v) is 3.78. The summed E-state index contributed by atoms with van der Waals surface area (Å²) in [6.07, 6.45) is 0.999. The Labute approximate surface area is 132 Å². The van der Waals surface area contributed by atoms with Gasteiger partial charge in [0.1, 0.15) is 6.04 Å². The van der Waals surface area contributed by atoms with Crippen molar-refractivity contribution >= 4 is 17.3 Å². The van der Waals surface area contributed by atoms with Gasteiger partial charge >= 0.3 is 0 Å². The van der Waals surface area contributed by atoms with Crippen LogP contribution >= 0.6 is 0 Å². The lowest BCUT2D eigenvalue weighted by Gasteiger charge is -2.17. The summed E-state index contributed by atoms with van der Waals surface area (Å²) >= 11 is 0. The molecule has 1 unspecified atom stereocenters. The van der Waals surface area contributed by atoms with E-state index in [0.717, 1.165) is 23.4 Å². The summed E-state index contributed by atoms with van der Waals surface area (Å²) < 4.78 is 0. The molecule has 0 aromatic heterocycles. The van der Waals surface area contributed by atoms with E-state index in [1.165, 1.54) is 11.1 Å². The van der Waals surface area contributed by atoms with Gasteiger partial charge in [-0.2, -0.15) is 0 Å². The van der Waals surface area contributed by atoms with Crippen LogP contribution in [-0.4, -0.2) is 11.9 Å². The highest BCUT2D eigenvalue weighted by atomic mass is 16.2. The van der Waals surface area contributed by atoms with Gasteiger partial charge in [-0.05, 0) is 56.5 Å². The summed E-state index contributed by atoms with van der Waals surface area (Å²) in [5, 5.41) is 6.21. The van der Waals surface area contributed by atoms with Crippen LogP contribution in [0.3, 0.4) is 0 Å². The second kappa shape index (κ2) is 7.12. The van der Waals surface area contributed by atoms with Gasteiger partial charge in [0.05, 0.1) is 0 Å². The van der Waals surface area contributed by atoms with Gasteiger partial charge in [0, 0.05) is 11.4 Å². The number of benzene rings is 2. The molecule has 0 heterocycles. The number of amides is 1. The molecule has 2 rings (SSSR count). The summed E-state index contributed by atoms with van der Waals surface area (Å²) in [4.78, 5) is 12.3. The number of carbonyl (C=O) groups excluding carboxylic acids is 1. The zero-order valence-electron chi connectivity index (χ0n) is 13.7. The van der Waals surface area contributed by atoms with E-state index >= 15 is 0 Å². The molecule has 0 saturated heterocycles. The first-order valence-electron chi connectivity index (χ1n) is 7.73. The highest BCUT2D eigenvalue weighted by molar-refractivity contribution is 5.96. The molecule has 0 bridgehead atoms. The Balaban J connectivity index is 1.99. The molecule has 0 saturated carbocycles. The van der Waals surface area contributed by atoms with E-state index in [2.05, 4.69) is 30.5 Å². The highest BCUT2D eigenvalue weighted by Gasteiger charge is 2.13. The largest absolute Gasteiger partial charge is 0.374 e. The normalized spacial score (nSPS) is 11.8. The van der Waals surface area contributed by atoms with Crippen molar-refractivity contribution in [2.24, 2.45) is 0 Å². The molecule has 0 aliphatic heterocycles. The van der Waals surface area contributed by atoms with E-state index in [1.54, 1.807) is 0 Å². The van der Waals surface area contributed by atoms with E-state index in [0.29, 0.717) is 0 Å². The molecule has 2 N–H and O–H groups in total. The van der Waals surface area contributed by atoms with Gasteiger partial charge in [-0.25, -0.2) is 0 Å². The Morgan fingerprint density at radius 3 is 2.36 bits per heavy atom. The van der Waals surface area contributed by atoms with Crippen molar-refractivity contribution in [1.29, 1.82) is 0 Å². The van der Waals surface area contributed by atoms with Crippen molar-refractivity contribution in [2.75, 3.05) is 10.6 Å². The van der Waals surface area contributed by atoms with Crippen molar-refractivity contribution in [2.45, 2.75) is 40.2 Å². The zero-order valence-corrected chi connectivity index (χ0v) is 13.7. The molecule has 1 amide bonds. The molecule has 2 aromatic carbocycles. The molecule has 1 atom stereocenters. The minimum atomic E-state index is -0.299. The summed E-state index contributed by atoms with van der Waals surface area (Å²) in [5.41, 5.74) is 5.45. The Morgan fingerprint density at radius 1 is 1.09 bits per heavy atom. The van der Waals surface area contributed by atoms with Gasteiger partial charge in [0.15, 0.2) is 0 Å². The molecule has 0 fully saturated rings. The summed E-state index contributed by atoms with van der Waals surface area (Å²) in [6.45, 7) is 8.09. The monoisotopic (exact) mass is 296 g/mol. The molecule has 3 heteroatoms. The van der Waals surface area contributed by atoms with Crippen LogP contribution in [0.5, 0.6) is 0 Å².